The number of methoxy groups -OCH3 is 1. The SMILES string of the molecule is COc1cccc(/C=C2\Sc3ccc(C(=O)NC4CCCCCCC4)cc3N(C)C2=O)c1. The Kier molecular flexibility index (Phi) is 7.20. The van der Waals surface area contributed by atoms with Crippen LogP contribution in [0.4, 0.5) is 5.69 Å². The molecule has 0 spiro atoms. The van der Waals surface area contributed by atoms with Crippen LogP contribution >= 0.6 is 11.8 Å². The predicted molar refractivity (Wildman–Crippen MR) is 130 cm³/mol. The summed E-state index contributed by atoms with van der Waals surface area (Å²) in [5.74, 6) is 0.617. The highest BCUT2D eigenvalue weighted by Gasteiger charge is 2.27. The summed E-state index contributed by atoms with van der Waals surface area (Å²) in [4.78, 5) is 29.2. The van der Waals surface area contributed by atoms with Gasteiger partial charge in [-0.15, -0.1) is 0 Å². The van der Waals surface area contributed by atoms with Crippen LogP contribution < -0.4 is 15.0 Å². The number of likely N-dealkylation sites (N-methyl/N-ethyl adjacent to an activating group) is 1. The molecule has 1 N–H and O–H groups in total. The van der Waals surface area contributed by atoms with Crippen LogP contribution in [0.1, 0.15) is 60.9 Å². The highest BCUT2D eigenvalue weighted by molar-refractivity contribution is 8.04. The minimum absolute atomic E-state index is 0.0538. The fourth-order valence-corrected chi connectivity index (χ4v) is 5.38. The third-order valence-electron chi connectivity index (χ3n) is 6.15. The summed E-state index contributed by atoms with van der Waals surface area (Å²) in [6.45, 7) is 0. The van der Waals surface area contributed by atoms with E-state index in [2.05, 4.69) is 5.32 Å². The Bertz CT molecular complexity index is 1030. The van der Waals surface area contributed by atoms with E-state index in [4.69, 9.17) is 4.74 Å². The first-order valence-electron chi connectivity index (χ1n) is 11.3. The van der Waals surface area contributed by atoms with Crippen molar-refractivity contribution in [3.8, 4) is 5.75 Å². The van der Waals surface area contributed by atoms with E-state index in [9.17, 15) is 9.59 Å². The summed E-state index contributed by atoms with van der Waals surface area (Å²) in [6, 6.07) is 13.5. The highest BCUT2D eigenvalue weighted by atomic mass is 32.2. The van der Waals surface area contributed by atoms with Crippen molar-refractivity contribution in [3.63, 3.8) is 0 Å². The van der Waals surface area contributed by atoms with Gasteiger partial charge in [-0.25, -0.2) is 0 Å². The van der Waals surface area contributed by atoms with Gasteiger partial charge in [0.15, 0.2) is 0 Å². The van der Waals surface area contributed by atoms with Gasteiger partial charge < -0.3 is 15.0 Å². The summed E-state index contributed by atoms with van der Waals surface area (Å²) >= 11 is 1.44. The van der Waals surface area contributed by atoms with Crippen molar-refractivity contribution in [2.75, 3.05) is 19.1 Å². The molecule has 0 radical (unpaired) electrons. The van der Waals surface area contributed by atoms with Gasteiger partial charge in [0.2, 0.25) is 0 Å². The number of nitrogens with one attached hydrogen (secondary N) is 1. The van der Waals surface area contributed by atoms with Crippen LogP contribution in [0.25, 0.3) is 6.08 Å². The molecule has 0 unspecified atom stereocenters. The van der Waals surface area contributed by atoms with Crippen LogP contribution in [-0.4, -0.2) is 32.0 Å². The molecular formula is C26H30N2O3S. The Morgan fingerprint density at radius 2 is 1.84 bits per heavy atom. The summed E-state index contributed by atoms with van der Waals surface area (Å²) in [7, 11) is 3.39. The average molecular weight is 451 g/mol. The molecule has 1 aliphatic heterocycles. The Morgan fingerprint density at radius 3 is 2.59 bits per heavy atom. The zero-order valence-electron chi connectivity index (χ0n) is 18.7. The predicted octanol–water partition coefficient (Wildman–Crippen LogP) is 5.65. The number of amides is 2. The number of nitrogens with zero attached hydrogens (tertiary/aromatic N) is 1. The molecule has 1 fully saturated rings. The van der Waals surface area contributed by atoms with Crippen molar-refractivity contribution >= 4 is 35.3 Å². The molecule has 0 saturated heterocycles. The lowest BCUT2D eigenvalue weighted by molar-refractivity contribution is -0.114. The maximum Gasteiger partial charge on any atom is 0.264 e. The minimum atomic E-state index is -0.0807. The van der Waals surface area contributed by atoms with Crippen molar-refractivity contribution in [2.45, 2.75) is 55.9 Å². The van der Waals surface area contributed by atoms with E-state index in [-0.39, 0.29) is 17.9 Å². The zero-order valence-corrected chi connectivity index (χ0v) is 19.5. The number of ether oxygens (including phenoxy) is 1. The van der Waals surface area contributed by atoms with Crippen molar-refractivity contribution < 1.29 is 14.3 Å². The first-order chi connectivity index (χ1) is 15.5. The lowest BCUT2D eigenvalue weighted by Gasteiger charge is -2.27. The van der Waals surface area contributed by atoms with Crippen LogP contribution in [0.3, 0.4) is 0 Å². The number of hydrogen-bond acceptors (Lipinski definition) is 4. The molecular weight excluding hydrogens is 420 g/mol. The number of benzene rings is 2. The molecule has 0 atom stereocenters. The lowest BCUT2D eigenvalue weighted by Crippen LogP contribution is -2.35. The molecule has 2 amide bonds. The maximum atomic E-state index is 13.0. The summed E-state index contributed by atoms with van der Waals surface area (Å²) in [5, 5.41) is 3.22. The Morgan fingerprint density at radius 1 is 1.09 bits per heavy atom. The van der Waals surface area contributed by atoms with E-state index >= 15 is 0 Å². The molecule has 2 aromatic carbocycles. The fraction of sp³-hybridized carbons (Fsp3) is 0.385. The molecule has 0 bridgehead atoms. The van der Waals surface area contributed by atoms with Gasteiger partial charge in [0.1, 0.15) is 5.75 Å². The van der Waals surface area contributed by atoms with E-state index in [1.807, 2.05) is 48.5 Å². The zero-order chi connectivity index (χ0) is 22.5. The molecule has 1 aliphatic carbocycles. The average Bonchev–Trinajstić information content (AvgIpc) is 2.79. The summed E-state index contributed by atoms with van der Waals surface area (Å²) in [5.41, 5.74) is 2.28. The number of carbonyl (C=O) groups is 2. The van der Waals surface area contributed by atoms with Crippen molar-refractivity contribution in [3.05, 3.63) is 58.5 Å². The number of rotatable bonds is 4. The number of hydrogen-bond donors (Lipinski definition) is 1. The number of carbonyl (C=O) groups excluding carboxylic acids is 2. The van der Waals surface area contributed by atoms with Crippen LogP contribution in [0.2, 0.25) is 0 Å². The Labute approximate surface area is 194 Å². The van der Waals surface area contributed by atoms with Crippen molar-refractivity contribution in [2.24, 2.45) is 0 Å². The third-order valence-corrected chi connectivity index (χ3v) is 7.23. The Balaban J connectivity index is 1.52. The normalized spacial score (nSPS) is 18.6. The van der Waals surface area contributed by atoms with E-state index in [1.165, 1.54) is 43.9 Å². The second kappa shape index (κ2) is 10.3. The van der Waals surface area contributed by atoms with Gasteiger partial charge >= 0.3 is 0 Å². The molecule has 2 aliphatic rings. The first-order valence-corrected chi connectivity index (χ1v) is 12.1. The largest absolute Gasteiger partial charge is 0.497 e. The molecule has 6 heteroatoms. The molecule has 0 aromatic heterocycles. The molecule has 168 valence electrons. The van der Waals surface area contributed by atoms with Gasteiger partial charge in [-0.2, -0.15) is 0 Å². The molecule has 1 saturated carbocycles. The molecule has 2 aromatic rings. The number of anilines is 1. The van der Waals surface area contributed by atoms with Crippen LogP contribution in [0.15, 0.2) is 52.3 Å². The molecule has 32 heavy (non-hydrogen) atoms. The van der Waals surface area contributed by atoms with E-state index in [1.54, 1.807) is 19.1 Å². The van der Waals surface area contributed by atoms with E-state index in [0.717, 1.165) is 34.7 Å². The van der Waals surface area contributed by atoms with Gasteiger partial charge in [-0.3, -0.25) is 9.59 Å². The topological polar surface area (TPSA) is 58.6 Å². The number of fused-ring (bicyclic) bond motifs is 1. The Hall–Kier alpha value is -2.73. The lowest BCUT2D eigenvalue weighted by atomic mass is 9.96. The van der Waals surface area contributed by atoms with Crippen molar-refractivity contribution in [1.29, 1.82) is 0 Å². The van der Waals surface area contributed by atoms with Gasteiger partial charge in [-0.05, 0) is 54.8 Å². The minimum Gasteiger partial charge on any atom is -0.497 e. The smallest absolute Gasteiger partial charge is 0.264 e. The van der Waals surface area contributed by atoms with Crippen LogP contribution in [0, 0.1) is 0 Å². The van der Waals surface area contributed by atoms with Crippen LogP contribution in [-0.2, 0) is 4.79 Å². The molecule has 5 nitrogen and oxygen atoms in total. The second-order valence-corrected chi connectivity index (χ2v) is 9.53. The first kappa shape index (κ1) is 22.5. The fourth-order valence-electron chi connectivity index (χ4n) is 4.29. The molecule has 1 heterocycles. The third kappa shape index (κ3) is 5.18. The summed E-state index contributed by atoms with van der Waals surface area (Å²) in [6.07, 6.45) is 10.1. The highest BCUT2D eigenvalue weighted by Crippen LogP contribution is 2.42. The van der Waals surface area contributed by atoms with Gasteiger partial charge in [-0.1, -0.05) is 56.0 Å². The van der Waals surface area contributed by atoms with E-state index < -0.39 is 0 Å². The summed E-state index contributed by atoms with van der Waals surface area (Å²) < 4.78 is 5.28. The van der Waals surface area contributed by atoms with Gasteiger partial charge in [0.25, 0.3) is 11.8 Å². The quantitative estimate of drug-likeness (QED) is 0.612. The van der Waals surface area contributed by atoms with Crippen LogP contribution in [0.5, 0.6) is 5.75 Å². The standard InChI is InChI=1S/C26H30N2O3S/c1-28-22-17-19(25(29)27-20-10-6-4-3-5-7-11-20)13-14-23(22)32-24(26(28)30)16-18-9-8-12-21(15-18)31-2/h8-9,12-17,20H,3-7,10-11H2,1-2H3,(H,27,29)/b24-16-. The van der Waals surface area contributed by atoms with Gasteiger partial charge in [0, 0.05) is 23.5 Å². The maximum absolute atomic E-state index is 13.0. The monoisotopic (exact) mass is 450 g/mol. The molecule has 4 rings (SSSR count). The van der Waals surface area contributed by atoms with Crippen molar-refractivity contribution in [1.82, 2.24) is 5.32 Å². The second-order valence-electron chi connectivity index (χ2n) is 8.45. The van der Waals surface area contributed by atoms with E-state index in [0.29, 0.717) is 10.5 Å². The van der Waals surface area contributed by atoms with Gasteiger partial charge in [0.05, 0.1) is 17.7 Å². The number of thioether (sulfide) groups is 1.